The van der Waals surface area contributed by atoms with Crippen LogP contribution in [-0.2, 0) is 13.0 Å². The van der Waals surface area contributed by atoms with E-state index in [0.29, 0.717) is 6.04 Å². The van der Waals surface area contributed by atoms with Gasteiger partial charge in [-0.05, 0) is 38.4 Å². The molecule has 1 N–H and O–H groups in total. The van der Waals surface area contributed by atoms with Crippen LogP contribution in [0.2, 0.25) is 0 Å². The summed E-state index contributed by atoms with van der Waals surface area (Å²) in [4.78, 5) is 0. The Morgan fingerprint density at radius 2 is 1.95 bits per heavy atom. The van der Waals surface area contributed by atoms with Gasteiger partial charge in [0.2, 0.25) is 0 Å². The zero-order valence-corrected chi connectivity index (χ0v) is 14.0. The summed E-state index contributed by atoms with van der Waals surface area (Å²) in [5, 5.41) is 12.4. The van der Waals surface area contributed by atoms with Gasteiger partial charge in [0, 0.05) is 24.8 Å². The Balaban J connectivity index is 1.85. The van der Waals surface area contributed by atoms with Crippen LogP contribution < -0.4 is 5.32 Å². The molecule has 1 aliphatic heterocycles. The van der Waals surface area contributed by atoms with E-state index in [4.69, 9.17) is 0 Å². The highest BCUT2D eigenvalue weighted by Crippen LogP contribution is 2.19. The van der Waals surface area contributed by atoms with E-state index in [1.54, 1.807) is 0 Å². The van der Waals surface area contributed by atoms with Gasteiger partial charge >= 0.3 is 0 Å². The van der Waals surface area contributed by atoms with Crippen molar-refractivity contribution in [2.45, 2.75) is 65.6 Å². The molecule has 1 aromatic rings. The molecular weight excluding hydrogens is 268 g/mol. The summed E-state index contributed by atoms with van der Waals surface area (Å²) in [6.07, 6.45) is 3.59. The van der Waals surface area contributed by atoms with Crippen molar-refractivity contribution in [3.05, 3.63) is 11.6 Å². The molecule has 4 nitrogen and oxygen atoms in total. The molecule has 20 heavy (non-hydrogen) atoms. The average molecular weight is 296 g/mol. The third-order valence-electron chi connectivity index (χ3n) is 3.63. The fraction of sp³-hybridized carbons (Fsp3) is 0.867. The maximum absolute atomic E-state index is 4.40. The number of thioether (sulfide) groups is 1. The Morgan fingerprint density at radius 1 is 1.15 bits per heavy atom. The summed E-state index contributed by atoms with van der Waals surface area (Å²) in [5.74, 6) is 5.44. The average Bonchev–Trinajstić information content (AvgIpc) is 2.82. The molecule has 1 aromatic heterocycles. The molecule has 0 saturated carbocycles. The SMILES string of the molecule is CC(C)CSC[C@@H](C)N[C@H](C)c1nnc2n1CCCC2. The molecule has 114 valence electrons. The number of hydrogen-bond acceptors (Lipinski definition) is 4. The van der Waals surface area contributed by atoms with Gasteiger partial charge in [-0.3, -0.25) is 0 Å². The number of hydrogen-bond donors (Lipinski definition) is 1. The van der Waals surface area contributed by atoms with Gasteiger partial charge in [-0.15, -0.1) is 10.2 Å². The van der Waals surface area contributed by atoms with Gasteiger partial charge in [0.1, 0.15) is 11.6 Å². The van der Waals surface area contributed by atoms with Crippen molar-refractivity contribution in [3.8, 4) is 0 Å². The number of nitrogens with one attached hydrogen (secondary N) is 1. The van der Waals surface area contributed by atoms with E-state index < -0.39 is 0 Å². The van der Waals surface area contributed by atoms with Gasteiger partial charge in [-0.2, -0.15) is 11.8 Å². The Bertz CT molecular complexity index is 416. The van der Waals surface area contributed by atoms with Crippen LogP contribution in [0.5, 0.6) is 0 Å². The number of nitrogens with zero attached hydrogens (tertiary/aromatic N) is 3. The molecule has 0 fully saturated rings. The van der Waals surface area contributed by atoms with Crippen molar-refractivity contribution in [2.75, 3.05) is 11.5 Å². The molecule has 2 atom stereocenters. The predicted octanol–water partition coefficient (Wildman–Crippen LogP) is 3.04. The molecule has 0 radical (unpaired) electrons. The van der Waals surface area contributed by atoms with Gasteiger partial charge in [-0.25, -0.2) is 0 Å². The van der Waals surface area contributed by atoms with Crippen molar-refractivity contribution in [2.24, 2.45) is 5.92 Å². The molecule has 5 heteroatoms. The van der Waals surface area contributed by atoms with E-state index in [0.717, 1.165) is 30.5 Å². The molecule has 0 aromatic carbocycles. The standard InChI is InChI=1S/C15H28N4S/c1-11(2)9-20-10-12(3)16-13(4)15-18-17-14-7-5-6-8-19(14)15/h11-13,16H,5-10H2,1-4H3/t12-,13-/m1/s1. The minimum Gasteiger partial charge on any atom is -0.314 e. The summed E-state index contributed by atoms with van der Waals surface area (Å²) in [6.45, 7) is 10.1. The largest absolute Gasteiger partial charge is 0.314 e. The first-order valence-electron chi connectivity index (χ1n) is 7.83. The first-order chi connectivity index (χ1) is 9.58. The highest BCUT2D eigenvalue weighted by molar-refractivity contribution is 7.99. The molecule has 0 bridgehead atoms. The summed E-state index contributed by atoms with van der Waals surface area (Å²) in [6, 6.07) is 0.786. The third kappa shape index (κ3) is 4.22. The van der Waals surface area contributed by atoms with Gasteiger partial charge in [-0.1, -0.05) is 13.8 Å². The minimum absolute atomic E-state index is 0.281. The van der Waals surface area contributed by atoms with E-state index in [-0.39, 0.29) is 6.04 Å². The summed E-state index contributed by atoms with van der Waals surface area (Å²) in [7, 11) is 0. The first kappa shape index (κ1) is 15.8. The zero-order chi connectivity index (χ0) is 14.5. The Labute approximate surface area is 127 Å². The molecule has 2 rings (SSSR count). The van der Waals surface area contributed by atoms with Crippen LogP contribution in [0.15, 0.2) is 0 Å². The maximum atomic E-state index is 4.40. The molecule has 0 spiro atoms. The van der Waals surface area contributed by atoms with E-state index in [1.165, 1.54) is 24.4 Å². The van der Waals surface area contributed by atoms with Crippen molar-refractivity contribution < 1.29 is 0 Å². The number of fused-ring (bicyclic) bond motifs is 1. The lowest BCUT2D eigenvalue weighted by Crippen LogP contribution is -2.33. The monoisotopic (exact) mass is 296 g/mol. The molecule has 2 heterocycles. The van der Waals surface area contributed by atoms with E-state index in [9.17, 15) is 0 Å². The van der Waals surface area contributed by atoms with Gasteiger partial charge < -0.3 is 9.88 Å². The highest BCUT2D eigenvalue weighted by Gasteiger charge is 2.20. The number of aryl methyl sites for hydroxylation is 1. The molecule has 1 aliphatic rings. The summed E-state index contributed by atoms with van der Waals surface area (Å²) < 4.78 is 2.31. The number of aromatic nitrogens is 3. The molecule has 0 unspecified atom stereocenters. The number of rotatable bonds is 7. The van der Waals surface area contributed by atoms with Crippen LogP contribution in [0.3, 0.4) is 0 Å². The van der Waals surface area contributed by atoms with Crippen LogP contribution in [0.4, 0.5) is 0 Å². The van der Waals surface area contributed by atoms with Crippen molar-refractivity contribution >= 4 is 11.8 Å². The van der Waals surface area contributed by atoms with Crippen LogP contribution >= 0.6 is 11.8 Å². The minimum atomic E-state index is 0.281. The smallest absolute Gasteiger partial charge is 0.149 e. The second-order valence-corrected chi connectivity index (χ2v) is 7.38. The second-order valence-electron chi connectivity index (χ2n) is 6.30. The van der Waals surface area contributed by atoms with E-state index in [1.807, 2.05) is 11.8 Å². The van der Waals surface area contributed by atoms with Crippen LogP contribution in [0.25, 0.3) is 0 Å². The van der Waals surface area contributed by atoms with Gasteiger partial charge in [0.05, 0.1) is 6.04 Å². The fourth-order valence-electron chi connectivity index (χ4n) is 2.68. The Morgan fingerprint density at radius 3 is 2.70 bits per heavy atom. The second kappa shape index (κ2) is 7.46. The molecule has 0 saturated heterocycles. The molecule has 0 aliphatic carbocycles. The summed E-state index contributed by atoms with van der Waals surface area (Å²) >= 11 is 2.03. The molecule has 0 amide bonds. The van der Waals surface area contributed by atoms with Crippen molar-refractivity contribution in [1.82, 2.24) is 20.1 Å². The van der Waals surface area contributed by atoms with Gasteiger partial charge in [0.15, 0.2) is 0 Å². The summed E-state index contributed by atoms with van der Waals surface area (Å²) in [5.41, 5.74) is 0. The zero-order valence-electron chi connectivity index (χ0n) is 13.2. The van der Waals surface area contributed by atoms with Crippen molar-refractivity contribution in [3.63, 3.8) is 0 Å². The van der Waals surface area contributed by atoms with E-state index >= 15 is 0 Å². The van der Waals surface area contributed by atoms with Crippen molar-refractivity contribution in [1.29, 1.82) is 0 Å². The van der Waals surface area contributed by atoms with Gasteiger partial charge in [0.25, 0.3) is 0 Å². The first-order valence-corrected chi connectivity index (χ1v) is 8.99. The Kier molecular flexibility index (Phi) is 5.90. The van der Waals surface area contributed by atoms with Crippen LogP contribution in [0, 0.1) is 5.92 Å². The normalized spacial score (nSPS) is 18.1. The van der Waals surface area contributed by atoms with Crippen LogP contribution in [0.1, 0.15) is 58.2 Å². The lowest BCUT2D eigenvalue weighted by Gasteiger charge is -2.22. The topological polar surface area (TPSA) is 42.7 Å². The Hall–Kier alpha value is -0.550. The molecular formula is C15H28N4S. The highest BCUT2D eigenvalue weighted by atomic mass is 32.2. The van der Waals surface area contributed by atoms with Crippen LogP contribution in [-0.4, -0.2) is 32.3 Å². The lowest BCUT2D eigenvalue weighted by molar-refractivity contribution is 0.444. The fourth-order valence-corrected chi connectivity index (χ4v) is 3.74. The third-order valence-corrected chi connectivity index (χ3v) is 5.27. The quantitative estimate of drug-likeness (QED) is 0.840. The maximum Gasteiger partial charge on any atom is 0.149 e. The van der Waals surface area contributed by atoms with E-state index in [2.05, 4.69) is 47.8 Å². The predicted molar refractivity (Wildman–Crippen MR) is 86.1 cm³/mol. The lowest BCUT2D eigenvalue weighted by atomic mass is 10.1.